The van der Waals surface area contributed by atoms with Crippen molar-refractivity contribution in [3.8, 4) is 5.75 Å². The zero-order valence-electron chi connectivity index (χ0n) is 16.5. The van der Waals surface area contributed by atoms with Crippen LogP contribution in [0.2, 0.25) is 0 Å². The van der Waals surface area contributed by atoms with Crippen molar-refractivity contribution >= 4 is 22.6 Å². The fraction of sp³-hybridized carbons (Fsp3) is 0.120. The standard InChI is InChI=1S/C25H20N2O3/c1-16-26-22-8-4-5-9-23(22)27(16)13-12-20-19-7-3-2-6-18(19)15-30-24-11-10-17(25(28)29)14-21(20)24/h2-12,14H,13,15H2,1H3,(H,28,29)/p-1/b20-12+. The lowest BCUT2D eigenvalue weighted by atomic mass is 9.93. The summed E-state index contributed by atoms with van der Waals surface area (Å²) in [6.45, 7) is 3.02. The number of benzene rings is 3. The third kappa shape index (κ3) is 3.05. The molecule has 0 N–H and O–H groups in total. The molecule has 148 valence electrons. The number of hydrogen-bond acceptors (Lipinski definition) is 4. The fourth-order valence-electron chi connectivity index (χ4n) is 4.03. The van der Waals surface area contributed by atoms with Gasteiger partial charge in [0.2, 0.25) is 0 Å². The van der Waals surface area contributed by atoms with E-state index in [-0.39, 0.29) is 5.56 Å². The Kier molecular flexibility index (Phi) is 4.36. The van der Waals surface area contributed by atoms with Crippen LogP contribution in [0.15, 0.2) is 72.8 Å². The van der Waals surface area contributed by atoms with Gasteiger partial charge >= 0.3 is 0 Å². The molecular formula is C25H19N2O3-. The number of allylic oxidation sites excluding steroid dienone is 1. The first kappa shape index (κ1) is 18.2. The summed E-state index contributed by atoms with van der Waals surface area (Å²) in [6.07, 6.45) is 2.12. The predicted molar refractivity (Wildman–Crippen MR) is 113 cm³/mol. The molecule has 1 aliphatic rings. The molecule has 0 saturated carbocycles. The lowest BCUT2D eigenvalue weighted by Gasteiger charge is -2.14. The van der Waals surface area contributed by atoms with E-state index in [1.165, 1.54) is 6.07 Å². The second-order valence-corrected chi connectivity index (χ2v) is 7.32. The number of imidazole rings is 1. The molecule has 0 amide bonds. The fourth-order valence-corrected chi connectivity index (χ4v) is 4.03. The average molecular weight is 395 g/mol. The molecule has 0 spiro atoms. The van der Waals surface area contributed by atoms with Crippen molar-refractivity contribution in [2.45, 2.75) is 20.1 Å². The van der Waals surface area contributed by atoms with E-state index in [0.717, 1.165) is 39.1 Å². The number of carbonyl (C=O) groups is 1. The number of nitrogens with zero attached hydrogens (tertiary/aromatic N) is 2. The molecule has 4 aromatic rings. The minimum Gasteiger partial charge on any atom is -0.545 e. The summed E-state index contributed by atoms with van der Waals surface area (Å²) in [5, 5.41) is 11.5. The highest BCUT2D eigenvalue weighted by Gasteiger charge is 2.20. The van der Waals surface area contributed by atoms with Crippen molar-refractivity contribution in [3.05, 3.63) is 101 Å². The molecule has 0 aliphatic carbocycles. The quantitative estimate of drug-likeness (QED) is 0.530. The summed E-state index contributed by atoms with van der Waals surface area (Å²) in [6, 6.07) is 21.0. The molecule has 0 atom stereocenters. The molecule has 5 nitrogen and oxygen atoms in total. The normalized spacial score (nSPS) is 14.1. The Balaban J connectivity index is 1.68. The highest BCUT2D eigenvalue weighted by atomic mass is 16.5. The Morgan fingerprint density at radius 1 is 1.10 bits per heavy atom. The molecule has 1 aliphatic heterocycles. The number of hydrogen-bond donors (Lipinski definition) is 0. The van der Waals surface area contributed by atoms with Crippen LogP contribution in [0.3, 0.4) is 0 Å². The minimum absolute atomic E-state index is 0.131. The molecule has 0 radical (unpaired) electrons. The highest BCUT2D eigenvalue weighted by Crippen LogP contribution is 2.37. The first-order chi connectivity index (χ1) is 14.6. The van der Waals surface area contributed by atoms with Gasteiger partial charge in [0.25, 0.3) is 0 Å². The van der Waals surface area contributed by atoms with Crippen molar-refractivity contribution < 1.29 is 14.6 Å². The number of carboxylic acid groups (broad SMARTS) is 1. The maximum atomic E-state index is 11.5. The van der Waals surface area contributed by atoms with E-state index < -0.39 is 5.97 Å². The van der Waals surface area contributed by atoms with Crippen LogP contribution in [-0.2, 0) is 13.2 Å². The number of carboxylic acids is 1. The summed E-state index contributed by atoms with van der Waals surface area (Å²) < 4.78 is 8.15. The van der Waals surface area contributed by atoms with Crippen LogP contribution < -0.4 is 9.84 Å². The zero-order chi connectivity index (χ0) is 20.7. The Morgan fingerprint density at radius 2 is 1.90 bits per heavy atom. The van der Waals surface area contributed by atoms with Crippen molar-refractivity contribution in [2.75, 3.05) is 0 Å². The summed E-state index contributed by atoms with van der Waals surface area (Å²) in [4.78, 5) is 16.1. The maximum absolute atomic E-state index is 11.5. The van der Waals surface area contributed by atoms with Gasteiger partial charge in [0.1, 0.15) is 18.2 Å². The van der Waals surface area contributed by atoms with Crippen molar-refractivity contribution in [3.63, 3.8) is 0 Å². The van der Waals surface area contributed by atoms with Gasteiger partial charge in [-0.1, -0.05) is 42.5 Å². The molecule has 1 aromatic heterocycles. The highest BCUT2D eigenvalue weighted by molar-refractivity contribution is 5.91. The Morgan fingerprint density at radius 3 is 2.77 bits per heavy atom. The Hall–Kier alpha value is -3.86. The van der Waals surface area contributed by atoms with E-state index in [2.05, 4.69) is 21.7 Å². The lowest BCUT2D eigenvalue weighted by molar-refractivity contribution is -0.255. The van der Waals surface area contributed by atoms with Gasteiger partial charge in [0.15, 0.2) is 0 Å². The van der Waals surface area contributed by atoms with Crippen LogP contribution in [0.1, 0.15) is 32.9 Å². The van der Waals surface area contributed by atoms with E-state index in [4.69, 9.17) is 4.74 Å². The van der Waals surface area contributed by atoms with Crippen LogP contribution in [0, 0.1) is 6.92 Å². The van der Waals surface area contributed by atoms with Gasteiger partial charge in [0.05, 0.1) is 17.0 Å². The van der Waals surface area contributed by atoms with Gasteiger partial charge in [-0.2, -0.15) is 0 Å². The van der Waals surface area contributed by atoms with Gasteiger partial charge in [-0.05, 0) is 59.5 Å². The largest absolute Gasteiger partial charge is 0.545 e. The van der Waals surface area contributed by atoms with Crippen LogP contribution in [0.5, 0.6) is 5.75 Å². The monoisotopic (exact) mass is 395 g/mol. The molecule has 0 unspecified atom stereocenters. The molecule has 0 fully saturated rings. The van der Waals surface area contributed by atoms with Crippen LogP contribution >= 0.6 is 0 Å². The summed E-state index contributed by atoms with van der Waals surface area (Å²) in [7, 11) is 0. The summed E-state index contributed by atoms with van der Waals surface area (Å²) >= 11 is 0. The van der Waals surface area contributed by atoms with E-state index in [1.54, 1.807) is 12.1 Å². The first-order valence-electron chi connectivity index (χ1n) is 9.80. The van der Waals surface area contributed by atoms with Gasteiger partial charge in [-0.3, -0.25) is 0 Å². The Bertz CT molecular complexity index is 1320. The molecule has 0 bridgehead atoms. The molecule has 2 heterocycles. The van der Waals surface area contributed by atoms with Gasteiger partial charge in [0, 0.05) is 12.1 Å². The van der Waals surface area contributed by atoms with E-state index >= 15 is 0 Å². The molecule has 3 aromatic carbocycles. The van der Waals surface area contributed by atoms with E-state index in [0.29, 0.717) is 18.9 Å². The third-order valence-corrected chi connectivity index (χ3v) is 5.52. The number of rotatable bonds is 3. The van der Waals surface area contributed by atoms with Crippen LogP contribution in [0.25, 0.3) is 16.6 Å². The van der Waals surface area contributed by atoms with Gasteiger partial charge in [-0.15, -0.1) is 0 Å². The van der Waals surface area contributed by atoms with Gasteiger partial charge < -0.3 is 19.2 Å². The SMILES string of the molecule is Cc1nc2ccccc2n1C/C=C1\c2ccccc2COc2ccc(C(=O)[O-])cc21. The second kappa shape index (κ2) is 7.19. The van der Waals surface area contributed by atoms with E-state index in [1.807, 2.05) is 49.4 Å². The van der Waals surface area contributed by atoms with Crippen molar-refractivity contribution in [1.29, 1.82) is 0 Å². The smallest absolute Gasteiger partial charge is 0.127 e. The second-order valence-electron chi connectivity index (χ2n) is 7.32. The number of aryl methyl sites for hydroxylation is 1. The molecule has 5 heteroatoms. The lowest BCUT2D eigenvalue weighted by Crippen LogP contribution is -2.22. The number of ether oxygens (including phenoxy) is 1. The van der Waals surface area contributed by atoms with Crippen molar-refractivity contribution in [1.82, 2.24) is 9.55 Å². The summed E-state index contributed by atoms with van der Waals surface area (Å²) in [5.74, 6) is 0.385. The van der Waals surface area contributed by atoms with E-state index in [9.17, 15) is 9.90 Å². The maximum Gasteiger partial charge on any atom is 0.127 e. The predicted octanol–water partition coefficient (Wildman–Crippen LogP) is 3.73. The topological polar surface area (TPSA) is 67.2 Å². The zero-order valence-corrected chi connectivity index (χ0v) is 16.5. The molecule has 30 heavy (non-hydrogen) atoms. The number of aromatic nitrogens is 2. The summed E-state index contributed by atoms with van der Waals surface area (Å²) in [5.41, 5.74) is 5.94. The molecule has 0 saturated heterocycles. The molecular weight excluding hydrogens is 376 g/mol. The van der Waals surface area contributed by atoms with Crippen molar-refractivity contribution in [2.24, 2.45) is 0 Å². The average Bonchev–Trinajstić information content (AvgIpc) is 2.99. The molecule has 5 rings (SSSR count). The van der Waals surface area contributed by atoms with Gasteiger partial charge in [-0.25, -0.2) is 4.98 Å². The Labute approximate surface area is 173 Å². The first-order valence-corrected chi connectivity index (χ1v) is 9.80. The third-order valence-electron chi connectivity index (χ3n) is 5.52. The number of carbonyl (C=O) groups excluding carboxylic acids is 1. The number of fused-ring (bicyclic) bond motifs is 3. The minimum atomic E-state index is -1.20. The van der Waals surface area contributed by atoms with Crippen LogP contribution in [0.4, 0.5) is 0 Å². The van der Waals surface area contributed by atoms with Crippen LogP contribution in [-0.4, -0.2) is 15.5 Å². The number of aromatic carboxylic acids is 1. The number of para-hydroxylation sites is 2.